The van der Waals surface area contributed by atoms with Crippen molar-refractivity contribution in [2.75, 3.05) is 32.9 Å². The lowest BCUT2D eigenvalue weighted by molar-refractivity contribution is 0.00222. The van der Waals surface area contributed by atoms with E-state index >= 15 is 0 Å². The highest BCUT2D eigenvalue weighted by Crippen LogP contribution is 2.43. The van der Waals surface area contributed by atoms with Gasteiger partial charge in [-0.3, -0.25) is 9.97 Å². The molecule has 1 spiro atoms. The van der Waals surface area contributed by atoms with Crippen molar-refractivity contribution in [3.05, 3.63) is 24.3 Å². The van der Waals surface area contributed by atoms with E-state index in [1.165, 1.54) is 45.2 Å². The van der Waals surface area contributed by atoms with Crippen molar-refractivity contribution in [2.45, 2.75) is 50.7 Å². The number of rotatable bonds is 3. The van der Waals surface area contributed by atoms with Crippen molar-refractivity contribution < 1.29 is 9.47 Å². The fourth-order valence-electron chi connectivity index (χ4n) is 4.46. The van der Waals surface area contributed by atoms with Gasteiger partial charge in [0.05, 0.1) is 18.4 Å². The third-order valence-corrected chi connectivity index (χ3v) is 5.91. The van der Waals surface area contributed by atoms with Gasteiger partial charge in [0.15, 0.2) is 0 Å². The summed E-state index contributed by atoms with van der Waals surface area (Å²) in [6, 6.07) is 0.749. The Morgan fingerprint density at radius 3 is 2.74 bits per heavy atom. The Morgan fingerprint density at radius 2 is 2.00 bits per heavy atom. The summed E-state index contributed by atoms with van der Waals surface area (Å²) < 4.78 is 11.6. The highest BCUT2D eigenvalue weighted by Gasteiger charge is 2.43. The smallest absolute Gasteiger partial charge is 0.0637 e. The van der Waals surface area contributed by atoms with E-state index < -0.39 is 0 Å². The second-order valence-corrected chi connectivity index (χ2v) is 7.42. The third kappa shape index (κ3) is 3.57. The van der Waals surface area contributed by atoms with Gasteiger partial charge in [-0.2, -0.15) is 0 Å². The molecule has 3 aliphatic heterocycles. The first-order valence-electron chi connectivity index (χ1n) is 9.01. The predicted molar refractivity (Wildman–Crippen MR) is 87.2 cm³/mol. The molecule has 0 amide bonds. The van der Waals surface area contributed by atoms with E-state index in [9.17, 15) is 0 Å². The van der Waals surface area contributed by atoms with Crippen LogP contribution in [0.25, 0.3) is 0 Å². The molecule has 23 heavy (non-hydrogen) atoms. The van der Waals surface area contributed by atoms with Crippen LogP contribution in [0.1, 0.15) is 37.8 Å². The number of ether oxygens (including phenoxy) is 2. The Labute approximate surface area is 138 Å². The van der Waals surface area contributed by atoms with E-state index in [4.69, 9.17) is 9.47 Å². The molecule has 5 heteroatoms. The fourth-order valence-corrected chi connectivity index (χ4v) is 4.46. The average Bonchev–Trinajstić information content (AvgIpc) is 2.99. The highest BCUT2D eigenvalue weighted by molar-refractivity contribution is 5.01. The van der Waals surface area contributed by atoms with E-state index in [1.54, 1.807) is 12.4 Å². The van der Waals surface area contributed by atoms with Crippen LogP contribution >= 0.6 is 0 Å². The molecule has 126 valence electrons. The Morgan fingerprint density at radius 1 is 1.17 bits per heavy atom. The van der Waals surface area contributed by atoms with Crippen molar-refractivity contribution >= 4 is 0 Å². The molecule has 3 aliphatic rings. The van der Waals surface area contributed by atoms with E-state index in [1.807, 2.05) is 6.20 Å². The Bertz CT molecular complexity index is 496. The quantitative estimate of drug-likeness (QED) is 0.854. The first-order valence-corrected chi connectivity index (χ1v) is 9.01. The largest absolute Gasteiger partial charge is 0.381 e. The zero-order valence-corrected chi connectivity index (χ0v) is 13.8. The summed E-state index contributed by atoms with van der Waals surface area (Å²) in [5.74, 6) is 0. The van der Waals surface area contributed by atoms with Crippen LogP contribution in [0.5, 0.6) is 0 Å². The molecule has 3 fully saturated rings. The van der Waals surface area contributed by atoms with Crippen molar-refractivity contribution in [3.8, 4) is 0 Å². The number of nitrogens with zero attached hydrogens (tertiary/aromatic N) is 3. The van der Waals surface area contributed by atoms with Gasteiger partial charge in [0.2, 0.25) is 0 Å². The lowest BCUT2D eigenvalue weighted by Gasteiger charge is -2.43. The van der Waals surface area contributed by atoms with E-state index in [2.05, 4.69) is 14.9 Å². The SMILES string of the molecule is c1cnc(C[C@H]2CC3(CCN(C4CCOCC4)CC3)CO2)cn1. The zero-order valence-electron chi connectivity index (χ0n) is 13.8. The van der Waals surface area contributed by atoms with Crippen LogP contribution in [0.2, 0.25) is 0 Å². The van der Waals surface area contributed by atoms with Crippen LogP contribution in [0.3, 0.4) is 0 Å². The van der Waals surface area contributed by atoms with Gasteiger partial charge in [0.25, 0.3) is 0 Å². The van der Waals surface area contributed by atoms with Crippen LogP contribution in [-0.2, 0) is 15.9 Å². The summed E-state index contributed by atoms with van der Waals surface area (Å²) in [6.45, 7) is 5.27. The van der Waals surface area contributed by atoms with Gasteiger partial charge in [-0.1, -0.05) is 0 Å². The molecule has 0 unspecified atom stereocenters. The van der Waals surface area contributed by atoms with Crippen LogP contribution in [0, 0.1) is 5.41 Å². The molecule has 5 nitrogen and oxygen atoms in total. The number of piperidine rings is 1. The highest BCUT2D eigenvalue weighted by atomic mass is 16.5. The maximum Gasteiger partial charge on any atom is 0.0637 e. The van der Waals surface area contributed by atoms with E-state index in [0.717, 1.165) is 38.0 Å². The summed E-state index contributed by atoms with van der Waals surface area (Å²) in [5, 5.41) is 0. The number of likely N-dealkylation sites (tertiary alicyclic amines) is 1. The predicted octanol–water partition coefficient (Wildman–Crippen LogP) is 2.07. The molecule has 4 heterocycles. The van der Waals surface area contributed by atoms with Crippen molar-refractivity contribution in [1.82, 2.24) is 14.9 Å². The number of hydrogen-bond donors (Lipinski definition) is 0. The maximum atomic E-state index is 6.12. The van der Waals surface area contributed by atoms with Crippen molar-refractivity contribution in [2.24, 2.45) is 5.41 Å². The minimum Gasteiger partial charge on any atom is -0.381 e. The minimum absolute atomic E-state index is 0.321. The molecule has 0 radical (unpaired) electrons. The lowest BCUT2D eigenvalue weighted by atomic mass is 9.76. The second-order valence-electron chi connectivity index (χ2n) is 7.42. The summed E-state index contributed by atoms with van der Waals surface area (Å²) in [5.41, 5.74) is 1.46. The Balaban J connectivity index is 1.29. The van der Waals surface area contributed by atoms with Crippen LogP contribution in [-0.4, -0.2) is 59.9 Å². The first-order chi connectivity index (χ1) is 11.3. The van der Waals surface area contributed by atoms with Crippen molar-refractivity contribution in [1.29, 1.82) is 0 Å². The summed E-state index contributed by atoms with van der Waals surface area (Å²) in [6.07, 6.45) is 12.7. The van der Waals surface area contributed by atoms with Crippen molar-refractivity contribution in [3.63, 3.8) is 0 Å². The molecule has 4 rings (SSSR count). The topological polar surface area (TPSA) is 47.5 Å². The number of aromatic nitrogens is 2. The third-order valence-electron chi connectivity index (χ3n) is 5.91. The first kappa shape index (κ1) is 15.5. The van der Waals surface area contributed by atoms with Gasteiger partial charge in [0, 0.05) is 44.3 Å². The van der Waals surface area contributed by atoms with Crippen LogP contribution in [0.4, 0.5) is 0 Å². The molecular weight excluding hydrogens is 290 g/mol. The van der Waals surface area contributed by atoms with Gasteiger partial charge in [-0.25, -0.2) is 0 Å². The molecule has 0 N–H and O–H groups in total. The molecule has 1 aromatic heterocycles. The molecule has 0 aromatic carbocycles. The van der Waals surface area contributed by atoms with E-state index in [-0.39, 0.29) is 0 Å². The molecular formula is C18H27N3O2. The monoisotopic (exact) mass is 317 g/mol. The minimum atomic E-state index is 0.321. The lowest BCUT2D eigenvalue weighted by Crippen LogP contribution is -2.47. The molecule has 0 aliphatic carbocycles. The van der Waals surface area contributed by atoms with Gasteiger partial charge in [0.1, 0.15) is 0 Å². The molecule has 0 saturated carbocycles. The summed E-state index contributed by atoms with van der Waals surface area (Å²) in [7, 11) is 0. The van der Waals surface area contributed by atoms with Crippen LogP contribution < -0.4 is 0 Å². The van der Waals surface area contributed by atoms with Gasteiger partial charge in [-0.05, 0) is 50.6 Å². The standard InChI is InChI=1S/C18H27N3O2/c1-9-22-10-2-16(1)21-7-3-18(4-8-21)12-17(23-14-18)11-15-13-19-5-6-20-15/h5-6,13,16-17H,1-4,7-12,14H2/t17-/m0/s1. The Kier molecular flexibility index (Phi) is 4.60. The Hall–Kier alpha value is -1.04. The maximum absolute atomic E-state index is 6.12. The summed E-state index contributed by atoms with van der Waals surface area (Å²) in [4.78, 5) is 11.2. The molecule has 3 saturated heterocycles. The summed E-state index contributed by atoms with van der Waals surface area (Å²) >= 11 is 0. The molecule has 1 atom stereocenters. The normalized spacial score (nSPS) is 29.1. The zero-order chi connectivity index (χ0) is 15.5. The van der Waals surface area contributed by atoms with Gasteiger partial charge in [-0.15, -0.1) is 0 Å². The average molecular weight is 317 g/mol. The molecule has 0 bridgehead atoms. The second kappa shape index (κ2) is 6.83. The van der Waals surface area contributed by atoms with Crippen LogP contribution in [0.15, 0.2) is 18.6 Å². The van der Waals surface area contributed by atoms with Gasteiger partial charge >= 0.3 is 0 Å². The number of hydrogen-bond acceptors (Lipinski definition) is 5. The molecule has 1 aromatic rings. The van der Waals surface area contributed by atoms with Gasteiger partial charge < -0.3 is 14.4 Å². The van der Waals surface area contributed by atoms with E-state index in [0.29, 0.717) is 11.5 Å². The fraction of sp³-hybridized carbons (Fsp3) is 0.778.